The van der Waals surface area contributed by atoms with Gasteiger partial charge in [0.25, 0.3) is 5.91 Å². The Balaban J connectivity index is 2.44. The van der Waals surface area contributed by atoms with Crippen molar-refractivity contribution in [2.75, 3.05) is 6.26 Å². The van der Waals surface area contributed by atoms with Crippen molar-refractivity contribution in [1.29, 1.82) is 0 Å². The molecule has 2 aliphatic heterocycles. The van der Waals surface area contributed by atoms with Gasteiger partial charge in [0.2, 0.25) is 0 Å². The van der Waals surface area contributed by atoms with Crippen LogP contribution in [0.25, 0.3) is 0 Å². The van der Waals surface area contributed by atoms with Crippen molar-refractivity contribution in [2.45, 2.75) is 6.17 Å². The molecule has 12 heavy (non-hydrogen) atoms. The van der Waals surface area contributed by atoms with E-state index in [2.05, 4.69) is 20.5 Å². The normalized spacial score (nSPS) is 26.1. The number of carbonyl (C=O) groups excluding carboxylic acids is 1. The summed E-state index contributed by atoms with van der Waals surface area (Å²) in [6.07, 6.45) is 2.81. The standard InChI is InChI=1S/C6H6N4OS/c1-12-6-3-4(9-10-6)7-2-8-5(3)11/h2,4H,1H3,(H,7,8,11). The molecule has 0 aromatic heterocycles. The molecular weight excluding hydrogens is 176 g/mol. The van der Waals surface area contributed by atoms with Crippen LogP contribution in [0.15, 0.2) is 25.8 Å². The van der Waals surface area contributed by atoms with Gasteiger partial charge >= 0.3 is 0 Å². The summed E-state index contributed by atoms with van der Waals surface area (Å²) in [5.74, 6) is -0.149. The van der Waals surface area contributed by atoms with Gasteiger partial charge in [0, 0.05) is 0 Å². The molecule has 1 atom stereocenters. The van der Waals surface area contributed by atoms with Crippen molar-refractivity contribution in [3.05, 3.63) is 10.6 Å². The Bertz CT molecular complexity index is 320. The summed E-state index contributed by atoms with van der Waals surface area (Å²) in [6.45, 7) is 0. The maximum absolute atomic E-state index is 11.3. The van der Waals surface area contributed by atoms with Gasteiger partial charge in [-0.05, 0) is 6.26 Å². The Morgan fingerprint density at radius 1 is 1.67 bits per heavy atom. The zero-order chi connectivity index (χ0) is 8.55. The van der Waals surface area contributed by atoms with Crippen LogP contribution >= 0.6 is 11.8 Å². The van der Waals surface area contributed by atoms with Gasteiger partial charge in [-0.15, -0.1) is 16.9 Å². The highest BCUT2D eigenvalue weighted by atomic mass is 32.2. The number of rotatable bonds is 1. The average molecular weight is 182 g/mol. The van der Waals surface area contributed by atoms with E-state index in [-0.39, 0.29) is 5.91 Å². The summed E-state index contributed by atoms with van der Waals surface area (Å²) in [5, 5.41) is 10.8. The number of hydrogen-bond acceptors (Lipinski definition) is 5. The average Bonchev–Trinajstić information content (AvgIpc) is 2.49. The lowest BCUT2D eigenvalue weighted by atomic mass is 10.2. The maximum atomic E-state index is 11.3. The second-order valence-corrected chi connectivity index (χ2v) is 3.06. The summed E-state index contributed by atoms with van der Waals surface area (Å²) in [5.41, 5.74) is 0.560. The monoisotopic (exact) mass is 182 g/mol. The summed E-state index contributed by atoms with van der Waals surface area (Å²) in [4.78, 5) is 15.2. The first-order valence-electron chi connectivity index (χ1n) is 3.34. The number of amides is 1. The first kappa shape index (κ1) is 7.48. The minimum absolute atomic E-state index is 0.149. The zero-order valence-corrected chi connectivity index (χ0v) is 7.13. The lowest BCUT2D eigenvalue weighted by Gasteiger charge is -2.10. The summed E-state index contributed by atoms with van der Waals surface area (Å²) >= 11 is 1.41. The van der Waals surface area contributed by atoms with Gasteiger partial charge in [-0.2, -0.15) is 5.11 Å². The Morgan fingerprint density at radius 2 is 2.50 bits per heavy atom. The van der Waals surface area contributed by atoms with Crippen molar-refractivity contribution in [3.63, 3.8) is 0 Å². The van der Waals surface area contributed by atoms with E-state index in [9.17, 15) is 4.79 Å². The first-order chi connectivity index (χ1) is 5.83. The highest BCUT2D eigenvalue weighted by molar-refractivity contribution is 8.02. The molecule has 6 heteroatoms. The van der Waals surface area contributed by atoms with Crippen LogP contribution in [-0.4, -0.2) is 24.7 Å². The predicted molar refractivity (Wildman–Crippen MR) is 45.8 cm³/mol. The first-order valence-corrected chi connectivity index (χ1v) is 4.57. The fourth-order valence-electron chi connectivity index (χ4n) is 1.04. The molecule has 0 aliphatic carbocycles. The van der Waals surface area contributed by atoms with Crippen LogP contribution < -0.4 is 5.32 Å². The summed E-state index contributed by atoms with van der Waals surface area (Å²) in [6, 6.07) is 0. The molecule has 2 heterocycles. The number of aliphatic imine (C=N–C) groups is 1. The molecule has 0 saturated carbocycles. The van der Waals surface area contributed by atoms with E-state index >= 15 is 0 Å². The van der Waals surface area contributed by atoms with Gasteiger partial charge in [0.1, 0.15) is 5.03 Å². The molecule has 1 N–H and O–H groups in total. The predicted octanol–water partition coefficient (Wildman–Crippen LogP) is 0.511. The van der Waals surface area contributed by atoms with E-state index in [1.54, 1.807) is 0 Å². The molecular formula is C6H6N4OS. The molecule has 1 amide bonds. The van der Waals surface area contributed by atoms with Gasteiger partial charge in [0.05, 0.1) is 11.9 Å². The fourth-order valence-corrected chi connectivity index (χ4v) is 1.59. The topological polar surface area (TPSA) is 66.2 Å². The van der Waals surface area contributed by atoms with Crippen LogP contribution in [0.3, 0.4) is 0 Å². The van der Waals surface area contributed by atoms with Crippen LogP contribution in [-0.2, 0) is 4.79 Å². The zero-order valence-electron chi connectivity index (χ0n) is 6.31. The second-order valence-electron chi connectivity index (χ2n) is 2.26. The molecule has 5 nitrogen and oxygen atoms in total. The van der Waals surface area contributed by atoms with Crippen molar-refractivity contribution < 1.29 is 4.79 Å². The molecule has 0 spiro atoms. The highest BCUT2D eigenvalue weighted by Crippen LogP contribution is 2.30. The number of carbonyl (C=O) groups is 1. The fraction of sp³-hybridized carbons (Fsp3) is 0.333. The van der Waals surface area contributed by atoms with Crippen LogP contribution in [0.2, 0.25) is 0 Å². The molecule has 0 bridgehead atoms. The minimum Gasteiger partial charge on any atom is -0.313 e. The smallest absolute Gasteiger partial charge is 0.259 e. The van der Waals surface area contributed by atoms with Crippen molar-refractivity contribution >= 4 is 24.0 Å². The van der Waals surface area contributed by atoms with E-state index in [1.807, 2.05) is 6.26 Å². The van der Waals surface area contributed by atoms with E-state index in [4.69, 9.17) is 0 Å². The number of thioether (sulfide) groups is 1. The van der Waals surface area contributed by atoms with Crippen LogP contribution in [0.1, 0.15) is 0 Å². The molecule has 0 saturated heterocycles. The van der Waals surface area contributed by atoms with E-state index in [0.29, 0.717) is 10.6 Å². The third-order valence-corrected chi connectivity index (χ3v) is 2.28. The quantitative estimate of drug-likeness (QED) is 0.642. The van der Waals surface area contributed by atoms with Gasteiger partial charge in [-0.25, -0.2) is 4.99 Å². The molecule has 0 fully saturated rings. The van der Waals surface area contributed by atoms with E-state index in [0.717, 1.165) is 0 Å². The number of nitrogens with one attached hydrogen (secondary N) is 1. The summed E-state index contributed by atoms with van der Waals surface area (Å²) < 4.78 is 0. The second kappa shape index (κ2) is 2.71. The molecule has 0 aromatic rings. The van der Waals surface area contributed by atoms with Gasteiger partial charge < -0.3 is 5.32 Å². The number of fused-ring (bicyclic) bond motifs is 1. The highest BCUT2D eigenvalue weighted by Gasteiger charge is 2.30. The Kier molecular flexibility index (Phi) is 1.69. The number of azo groups is 1. The molecule has 1 unspecified atom stereocenters. The lowest BCUT2D eigenvalue weighted by molar-refractivity contribution is -0.116. The van der Waals surface area contributed by atoms with Gasteiger partial charge in [-0.1, -0.05) is 0 Å². The Hall–Kier alpha value is -1.17. The van der Waals surface area contributed by atoms with Crippen molar-refractivity contribution in [1.82, 2.24) is 5.32 Å². The minimum atomic E-state index is -0.402. The Labute approximate surface area is 73.0 Å². The van der Waals surface area contributed by atoms with Crippen molar-refractivity contribution in [2.24, 2.45) is 15.2 Å². The van der Waals surface area contributed by atoms with E-state index < -0.39 is 6.17 Å². The largest absolute Gasteiger partial charge is 0.313 e. The SMILES string of the molecule is CSC1=C2C(=O)NC=NC2N=N1. The number of hydrogen-bond donors (Lipinski definition) is 1. The molecule has 0 aromatic carbocycles. The Morgan fingerprint density at radius 3 is 3.25 bits per heavy atom. The van der Waals surface area contributed by atoms with Crippen LogP contribution in [0, 0.1) is 0 Å². The number of nitrogens with zero attached hydrogens (tertiary/aromatic N) is 3. The lowest BCUT2D eigenvalue weighted by Crippen LogP contribution is -2.32. The van der Waals surface area contributed by atoms with Gasteiger partial charge in [-0.3, -0.25) is 4.79 Å². The third-order valence-electron chi connectivity index (χ3n) is 1.60. The summed E-state index contributed by atoms with van der Waals surface area (Å²) in [7, 11) is 0. The molecule has 62 valence electrons. The third kappa shape index (κ3) is 0.953. The maximum Gasteiger partial charge on any atom is 0.259 e. The van der Waals surface area contributed by atoms with Crippen LogP contribution in [0.4, 0.5) is 0 Å². The van der Waals surface area contributed by atoms with Crippen LogP contribution in [0.5, 0.6) is 0 Å². The molecule has 2 rings (SSSR count). The molecule has 0 radical (unpaired) electrons. The van der Waals surface area contributed by atoms with E-state index in [1.165, 1.54) is 18.1 Å². The molecule has 2 aliphatic rings. The van der Waals surface area contributed by atoms with Gasteiger partial charge in [0.15, 0.2) is 6.17 Å². The van der Waals surface area contributed by atoms with Crippen molar-refractivity contribution in [3.8, 4) is 0 Å².